The summed E-state index contributed by atoms with van der Waals surface area (Å²) in [6.45, 7) is 3.80. The van der Waals surface area contributed by atoms with Gasteiger partial charge in [0.05, 0.1) is 10.5 Å². The van der Waals surface area contributed by atoms with Crippen LogP contribution >= 0.6 is 0 Å². The molecule has 0 amide bonds. The quantitative estimate of drug-likeness (QED) is 0.771. The minimum atomic E-state index is -3.54. The summed E-state index contributed by atoms with van der Waals surface area (Å²) < 4.78 is 31.5. The Labute approximate surface area is 102 Å². The second-order valence-corrected chi connectivity index (χ2v) is 6.13. The molecule has 17 heavy (non-hydrogen) atoms. The number of methoxy groups -OCH3 is 1. The van der Waals surface area contributed by atoms with E-state index < -0.39 is 15.6 Å². The number of hydrogen-bond acceptors (Lipinski definition) is 4. The number of nitrogens with two attached hydrogens (primary N) is 1. The smallest absolute Gasteiger partial charge is 0.240 e. The Hall–Kier alpha value is -1.11. The Morgan fingerprint density at radius 1 is 1.41 bits per heavy atom. The molecule has 1 rings (SSSR count). The van der Waals surface area contributed by atoms with Crippen LogP contribution in [0.3, 0.4) is 0 Å². The van der Waals surface area contributed by atoms with E-state index in [1.54, 1.807) is 26.0 Å². The maximum Gasteiger partial charge on any atom is 0.240 e. The van der Waals surface area contributed by atoms with E-state index in [9.17, 15) is 8.42 Å². The van der Waals surface area contributed by atoms with Gasteiger partial charge in [-0.05, 0) is 32.0 Å². The Morgan fingerprint density at radius 2 is 2.06 bits per heavy atom. The first-order valence-electron chi connectivity index (χ1n) is 5.17. The molecule has 0 radical (unpaired) electrons. The van der Waals surface area contributed by atoms with Gasteiger partial charge in [0.1, 0.15) is 0 Å². The van der Waals surface area contributed by atoms with E-state index in [1.807, 2.05) is 0 Å². The van der Waals surface area contributed by atoms with Crippen molar-refractivity contribution in [3.05, 3.63) is 24.3 Å². The van der Waals surface area contributed by atoms with Crippen molar-refractivity contribution in [2.75, 3.05) is 19.4 Å². The molecule has 0 aromatic heterocycles. The van der Waals surface area contributed by atoms with E-state index in [-0.39, 0.29) is 11.4 Å². The van der Waals surface area contributed by atoms with Crippen molar-refractivity contribution in [3.63, 3.8) is 0 Å². The summed E-state index contributed by atoms with van der Waals surface area (Å²) in [7, 11) is -2.00. The lowest BCUT2D eigenvalue weighted by Gasteiger charge is -2.23. The molecule has 0 fully saturated rings. The van der Waals surface area contributed by atoms with Crippen LogP contribution in [0.25, 0.3) is 0 Å². The van der Waals surface area contributed by atoms with Crippen LogP contribution in [0.2, 0.25) is 0 Å². The highest BCUT2D eigenvalue weighted by molar-refractivity contribution is 7.89. The number of sulfonamides is 1. The lowest BCUT2D eigenvalue weighted by atomic mass is 10.1. The number of hydrogen-bond donors (Lipinski definition) is 2. The number of nitrogen functional groups attached to an aromatic ring is 1. The third-order valence-corrected chi connectivity index (χ3v) is 3.81. The Bertz CT molecular complexity index is 483. The van der Waals surface area contributed by atoms with Gasteiger partial charge in [0, 0.05) is 19.3 Å². The standard InChI is InChI=1S/C11H18N2O3S/c1-11(2,16-3)8-13-17(14,15)10-6-4-5-9(12)7-10/h4-7,13H,8,12H2,1-3H3. The molecule has 96 valence electrons. The molecule has 0 aliphatic rings. The maximum atomic E-state index is 11.9. The van der Waals surface area contributed by atoms with Gasteiger partial charge in [-0.1, -0.05) is 6.07 Å². The van der Waals surface area contributed by atoms with Crippen molar-refractivity contribution in [2.45, 2.75) is 24.3 Å². The summed E-state index contributed by atoms with van der Waals surface area (Å²) in [5.74, 6) is 0. The number of benzene rings is 1. The number of rotatable bonds is 5. The normalized spacial score (nSPS) is 12.6. The minimum Gasteiger partial charge on any atom is -0.399 e. The Balaban J connectivity index is 2.83. The summed E-state index contributed by atoms with van der Waals surface area (Å²) in [6, 6.07) is 6.16. The van der Waals surface area contributed by atoms with Gasteiger partial charge in [-0.15, -0.1) is 0 Å². The fourth-order valence-corrected chi connectivity index (χ4v) is 2.36. The zero-order chi connectivity index (χ0) is 13.1. The number of nitrogens with one attached hydrogen (secondary N) is 1. The zero-order valence-electron chi connectivity index (χ0n) is 10.2. The molecule has 1 aromatic carbocycles. The van der Waals surface area contributed by atoms with Crippen molar-refractivity contribution < 1.29 is 13.2 Å². The molecule has 0 unspecified atom stereocenters. The van der Waals surface area contributed by atoms with Gasteiger partial charge in [-0.2, -0.15) is 0 Å². The number of ether oxygens (including phenoxy) is 1. The van der Waals surface area contributed by atoms with Crippen molar-refractivity contribution in [3.8, 4) is 0 Å². The monoisotopic (exact) mass is 258 g/mol. The average Bonchev–Trinajstić information content (AvgIpc) is 2.27. The molecule has 0 aliphatic heterocycles. The third kappa shape index (κ3) is 3.99. The minimum absolute atomic E-state index is 0.157. The molecule has 0 atom stereocenters. The van der Waals surface area contributed by atoms with Crippen LogP contribution in [0.15, 0.2) is 29.2 Å². The van der Waals surface area contributed by atoms with Gasteiger partial charge in [0.25, 0.3) is 0 Å². The van der Waals surface area contributed by atoms with Crippen molar-refractivity contribution >= 4 is 15.7 Å². The van der Waals surface area contributed by atoms with Gasteiger partial charge in [-0.25, -0.2) is 13.1 Å². The first-order chi connectivity index (χ1) is 7.77. The molecular formula is C11H18N2O3S. The highest BCUT2D eigenvalue weighted by Gasteiger charge is 2.21. The predicted octanol–water partition coefficient (Wildman–Crippen LogP) is 0.972. The Kier molecular flexibility index (Phi) is 4.13. The molecule has 0 saturated heterocycles. The average molecular weight is 258 g/mol. The fourth-order valence-electron chi connectivity index (χ4n) is 1.11. The lowest BCUT2D eigenvalue weighted by molar-refractivity contribution is 0.0276. The maximum absolute atomic E-state index is 11.9. The summed E-state index contributed by atoms with van der Waals surface area (Å²) in [6.07, 6.45) is 0. The summed E-state index contributed by atoms with van der Waals surface area (Å²) in [5, 5.41) is 0. The molecule has 0 spiro atoms. The fraction of sp³-hybridized carbons (Fsp3) is 0.455. The van der Waals surface area contributed by atoms with Crippen molar-refractivity contribution in [2.24, 2.45) is 0 Å². The van der Waals surface area contributed by atoms with Crippen molar-refractivity contribution in [1.82, 2.24) is 4.72 Å². The molecule has 1 aromatic rings. The van der Waals surface area contributed by atoms with Crippen LogP contribution in [0.5, 0.6) is 0 Å². The summed E-state index contributed by atoms with van der Waals surface area (Å²) in [5.41, 5.74) is 5.41. The molecule has 0 saturated carbocycles. The van der Waals surface area contributed by atoms with Gasteiger partial charge in [0.15, 0.2) is 0 Å². The lowest BCUT2D eigenvalue weighted by Crippen LogP contribution is -2.39. The van der Waals surface area contributed by atoms with Crippen LogP contribution in [0, 0.1) is 0 Å². The topological polar surface area (TPSA) is 81.4 Å². The highest BCUT2D eigenvalue weighted by atomic mass is 32.2. The van der Waals surface area contributed by atoms with Crippen molar-refractivity contribution in [1.29, 1.82) is 0 Å². The SMILES string of the molecule is COC(C)(C)CNS(=O)(=O)c1cccc(N)c1. The second-order valence-electron chi connectivity index (χ2n) is 4.36. The van der Waals surface area contributed by atoms with Gasteiger partial charge >= 0.3 is 0 Å². The molecule has 5 nitrogen and oxygen atoms in total. The third-order valence-electron chi connectivity index (χ3n) is 2.41. The molecule has 0 aliphatic carbocycles. The molecule has 0 heterocycles. The molecule has 0 bridgehead atoms. The molecule has 3 N–H and O–H groups in total. The van der Waals surface area contributed by atoms with Crippen LogP contribution < -0.4 is 10.5 Å². The summed E-state index contributed by atoms with van der Waals surface area (Å²) in [4.78, 5) is 0.157. The van der Waals surface area contributed by atoms with Crippen LogP contribution in [0.4, 0.5) is 5.69 Å². The van der Waals surface area contributed by atoms with Crippen LogP contribution in [-0.2, 0) is 14.8 Å². The van der Waals surface area contributed by atoms with E-state index in [4.69, 9.17) is 10.5 Å². The molecular weight excluding hydrogens is 240 g/mol. The zero-order valence-corrected chi connectivity index (χ0v) is 11.0. The summed E-state index contributed by atoms with van der Waals surface area (Å²) >= 11 is 0. The van der Waals surface area contributed by atoms with Gasteiger partial charge in [-0.3, -0.25) is 0 Å². The van der Waals surface area contributed by atoms with Gasteiger partial charge in [0.2, 0.25) is 10.0 Å². The van der Waals surface area contributed by atoms with E-state index >= 15 is 0 Å². The second kappa shape index (κ2) is 5.03. The van der Waals surface area contributed by atoms with E-state index in [1.165, 1.54) is 19.2 Å². The van der Waals surface area contributed by atoms with E-state index in [0.717, 1.165) is 0 Å². The molecule has 6 heteroatoms. The van der Waals surface area contributed by atoms with E-state index in [0.29, 0.717) is 5.69 Å². The first kappa shape index (κ1) is 14.0. The van der Waals surface area contributed by atoms with E-state index in [2.05, 4.69) is 4.72 Å². The van der Waals surface area contributed by atoms with Gasteiger partial charge < -0.3 is 10.5 Å². The van der Waals surface area contributed by atoms with Crippen LogP contribution in [0.1, 0.15) is 13.8 Å². The Morgan fingerprint density at radius 3 is 2.59 bits per heavy atom. The largest absolute Gasteiger partial charge is 0.399 e. The first-order valence-corrected chi connectivity index (χ1v) is 6.65. The highest BCUT2D eigenvalue weighted by Crippen LogP contribution is 2.14. The van der Waals surface area contributed by atoms with Crippen LogP contribution in [-0.4, -0.2) is 27.7 Å². The number of anilines is 1. The predicted molar refractivity (Wildman–Crippen MR) is 67.1 cm³/mol.